The maximum Gasteiger partial charge on any atom is 0.242 e. The number of halogens is 1. The van der Waals surface area contributed by atoms with Crippen LogP contribution in [0.1, 0.15) is 6.42 Å². The topological polar surface area (TPSA) is 44.4 Å². The Hall–Kier alpha value is -1.07. The summed E-state index contributed by atoms with van der Waals surface area (Å²) in [6.07, 6.45) is 0.818. The summed E-state index contributed by atoms with van der Waals surface area (Å²) in [5.41, 5.74) is 1.11. The third kappa shape index (κ3) is 3.03. The molecule has 0 bridgehead atoms. The molecular weight excluding hydrogens is 294 g/mol. The zero-order valence-corrected chi connectivity index (χ0v) is 12.0. The molecule has 1 saturated heterocycles. The van der Waals surface area contributed by atoms with Crippen LogP contribution in [0.2, 0.25) is 0 Å². The zero-order valence-electron chi connectivity index (χ0n) is 10.4. The van der Waals surface area contributed by atoms with E-state index in [1.807, 2.05) is 19.2 Å². The van der Waals surface area contributed by atoms with Gasteiger partial charge in [-0.3, -0.25) is 4.79 Å². The first-order valence-corrected chi connectivity index (χ1v) is 6.96. The lowest BCUT2D eigenvalue weighted by Gasteiger charge is -2.36. The molecule has 1 unspecified atom stereocenters. The van der Waals surface area contributed by atoms with Crippen LogP contribution in [0.3, 0.4) is 0 Å². The largest absolute Gasteiger partial charge is 0.358 e. The summed E-state index contributed by atoms with van der Waals surface area (Å²) in [6, 6.07) is 8.05. The maximum atomic E-state index is 12.0. The summed E-state index contributed by atoms with van der Waals surface area (Å²) in [4.78, 5) is 14.1. The van der Waals surface area contributed by atoms with Crippen LogP contribution in [0.25, 0.3) is 0 Å². The average molecular weight is 312 g/mol. The SMILES string of the molecule is CNCCC1C(=O)NCCN1c1ccc(Br)cc1. The molecular formula is C13H18BrN3O. The van der Waals surface area contributed by atoms with Crippen molar-refractivity contribution in [2.24, 2.45) is 0 Å². The number of nitrogens with zero attached hydrogens (tertiary/aromatic N) is 1. The van der Waals surface area contributed by atoms with Gasteiger partial charge >= 0.3 is 0 Å². The third-order valence-electron chi connectivity index (χ3n) is 3.16. The summed E-state index contributed by atoms with van der Waals surface area (Å²) < 4.78 is 1.06. The molecule has 1 atom stereocenters. The number of amides is 1. The summed E-state index contributed by atoms with van der Waals surface area (Å²) in [7, 11) is 1.91. The van der Waals surface area contributed by atoms with Gasteiger partial charge in [0.15, 0.2) is 0 Å². The molecule has 1 amide bonds. The number of carbonyl (C=O) groups excluding carboxylic acids is 1. The van der Waals surface area contributed by atoms with E-state index in [1.165, 1.54) is 0 Å². The molecule has 5 heteroatoms. The molecule has 18 heavy (non-hydrogen) atoms. The van der Waals surface area contributed by atoms with Crippen molar-refractivity contribution in [3.63, 3.8) is 0 Å². The van der Waals surface area contributed by atoms with Gasteiger partial charge in [0.1, 0.15) is 6.04 Å². The normalized spacial score (nSPS) is 19.8. The standard InChI is InChI=1S/C13H18BrN3O/c1-15-7-6-12-13(18)16-8-9-17(12)11-4-2-10(14)3-5-11/h2-5,12,15H,6-9H2,1H3,(H,16,18). The van der Waals surface area contributed by atoms with E-state index in [0.717, 1.165) is 29.7 Å². The van der Waals surface area contributed by atoms with Crippen LogP contribution >= 0.6 is 15.9 Å². The lowest BCUT2D eigenvalue weighted by molar-refractivity contribution is -0.123. The number of rotatable bonds is 4. The molecule has 4 nitrogen and oxygen atoms in total. The molecule has 98 valence electrons. The molecule has 0 radical (unpaired) electrons. The van der Waals surface area contributed by atoms with Gasteiger partial charge in [0.05, 0.1) is 0 Å². The first-order chi connectivity index (χ1) is 8.72. The van der Waals surface area contributed by atoms with Gasteiger partial charge in [-0.25, -0.2) is 0 Å². The molecule has 0 spiro atoms. The van der Waals surface area contributed by atoms with Crippen LogP contribution in [0.5, 0.6) is 0 Å². The van der Waals surface area contributed by atoms with Gasteiger partial charge in [0.2, 0.25) is 5.91 Å². The number of piperazine rings is 1. The second kappa shape index (κ2) is 6.20. The fourth-order valence-electron chi connectivity index (χ4n) is 2.22. The van der Waals surface area contributed by atoms with E-state index in [1.54, 1.807) is 0 Å². The molecule has 1 fully saturated rings. The van der Waals surface area contributed by atoms with E-state index in [-0.39, 0.29) is 11.9 Å². The van der Waals surface area contributed by atoms with E-state index < -0.39 is 0 Å². The Morgan fingerprint density at radius 2 is 2.17 bits per heavy atom. The monoisotopic (exact) mass is 311 g/mol. The van der Waals surface area contributed by atoms with Gasteiger partial charge in [0.25, 0.3) is 0 Å². The molecule has 2 N–H and O–H groups in total. The van der Waals surface area contributed by atoms with Crippen molar-refractivity contribution in [3.05, 3.63) is 28.7 Å². The molecule has 2 rings (SSSR count). The fraction of sp³-hybridized carbons (Fsp3) is 0.462. The molecule has 1 aromatic rings. The molecule has 0 saturated carbocycles. The van der Waals surface area contributed by atoms with Crippen LogP contribution < -0.4 is 15.5 Å². The predicted octanol–water partition coefficient (Wildman–Crippen LogP) is 1.36. The van der Waals surface area contributed by atoms with Gasteiger partial charge in [-0.2, -0.15) is 0 Å². The second-order valence-electron chi connectivity index (χ2n) is 4.37. The first kappa shape index (κ1) is 13.4. The average Bonchev–Trinajstić information content (AvgIpc) is 2.38. The Bertz CT molecular complexity index is 407. The van der Waals surface area contributed by atoms with Gasteiger partial charge in [-0.1, -0.05) is 15.9 Å². The Morgan fingerprint density at radius 1 is 1.44 bits per heavy atom. The van der Waals surface area contributed by atoms with Crippen molar-refractivity contribution in [1.29, 1.82) is 0 Å². The molecule has 1 aromatic carbocycles. The van der Waals surface area contributed by atoms with Gasteiger partial charge in [-0.05, 0) is 44.3 Å². The molecule has 1 heterocycles. The number of hydrogen-bond acceptors (Lipinski definition) is 3. The third-order valence-corrected chi connectivity index (χ3v) is 3.69. The van der Waals surface area contributed by atoms with Crippen molar-refractivity contribution < 1.29 is 4.79 Å². The Kier molecular flexibility index (Phi) is 4.60. The van der Waals surface area contributed by atoms with Crippen molar-refractivity contribution in [2.75, 3.05) is 31.6 Å². The first-order valence-electron chi connectivity index (χ1n) is 6.17. The molecule has 1 aliphatic rings. The van der Waals surface area contributed by atoms with E-state index in [4.69, 9.17) is 0 Å². The molecule has 0 aromatic heterocycles. The van der Waals surface area contributed by atoms with E-state index >= 15 is 0 Å². The number of nitrogens with one attached hydrogen (secondary N) is 2. The highest BCUT2D eigenvalue weighted by atomic mass is 79.9. The second-order valence-corrected chi connectivity index (χ2v) is 5.28. The predicted molar refractivity (Wildman–Crippen MR) is 76.8 cm³/mol. The quantitative estimate of drug-likeness (QED) is 0.882. The van der Waals surface area contributed by atoms with Crippen LogP contribution in [-0.2, 0) is 4.79 Å². The Labute approximate surface area is 116 Å². The fourth-order valence-corrected chi connectivity index (χ4v) is 2.49. The van der Waals surface area contributed by atoms with Crippen LogP contribution in [0, 0.1) is 0 Å². The van der Waals surface area contributed by atoms with Crippen LogP contribution in [-0.4, -0.2) is 38.6 Å². The minimum Gasteiger partial charge on any atom is -0.358 e. The molecule has 1 aliphatic heterocycles. The summed E-state index contributed by atoms with van der Waals surface area (Å²) in [5.74, 6) is 0.124. The molecule has 0 aliphatic carbocycles. The lowest BCUT2D eigenvalue weighted by Crippen LogP contribution is -2.56. The highest BCUT2D eigenvalue weighted by molar-refractivity contribution is 9.10. The number of benzene rings is 1. The van der Waals surface area contributed by atoms with Crippen molar-refractivity contribution >= 4 is 27.5 Å². The van der Waals surface area contributed by atoms with Gasteiger partial charge in [-0.15, -0.1) is 0 Å². The summed E-state index contributed by atoms with van der Waals surface area (Å²) in [6.45, 7) is 2.41. The van der Waals surface area contributed by atoms with Crippen LogP contribution in [0.4, 0.5) is 5.69 Å². The number of hydrogen-bond donors (Lipinski definition) is 2. The maximum absolute atomic E-state index is 12.0. The summed E-state index contributed by atoms with van der Waals surface area (Å²) in [5, 5.41) is 6.04. The van der Waals surface area contributed by atoms with Gasteiger partial charge in [0, 0.05) is 23.2 Å². The van der Waals surface area contributed by atoms with Crippen molar-refractivity contribution in [2.45, 2.75) is 12.5 Å². The van der Waals surface area contributed by atoms with E-state index in [9.17, 15) is 4.79 Å². The highest BCUT2D eigenvalue weighted by Crippen LogP contribution is 2.22. The minimum absolute atomic E-state index is 0.0765. The number of carbonyl (C=O) groups is 1. The Morgan fingerprint density at radius 3 is 2.83 bits per heavy atom. The zero-order chi connectivity index (χ0) is 13.0. The van der Waals surface area contributed by atoms with Gasteiger partial charge < -0.3 is 15.5 Å². The van der Waals surface area contributed by atoms with Crippen molar-refractivity contribution in [3.8, 4) is 0 Å². The van der Waals surface area contributed by atoms with E-state index in [0.29, 0.717) is 6.54 Å². The summed E-state index contributed by atoms with van der Waals surface area (Å²) >= 11 is 3.43. The smallest absolute Gasteiger partial charge is 0.242 e. The highest BCUT2D eigenvalue weighted by Gasteiger charge is 2.29. The lowest BCUT2D eigenvalue weighted by atomic mass is 10.1. The van der Waals surface area contributed by atoms with Crippen LogP contribution in [0.15, 0.2) is 28.7 Å². The van der Waals surface area contributed by atoms with Crippen molar-refractivity contribution in [1.82, 2.24) is 10.6 Å². The minimum atomic E-state index is -0.0765. The Balaban J connectivity index is 2.16. The van der Waals surface area contributed by atoms with E-state index in [2.05, 4.69) is 43.6 Å². The number of anilines is 1.